The van der Waals surface area contributed by atoms with Crippen LogP contribution >= 0.6 is 0 Å². The normalized spacial score (nSPS) is 47.7. The minimum atomic E-state index is -7.99. The highest BCUT2D eigenvalue weighted by Gasteiger charge is 3.24. The lowest BCUT2D eigenvalue weighted by Gasteiger charge is -2.74. The summed E-state index contributed by atoms with van der Waals surface area (Å²) in [6.45, 7) is 0. The molecule has 0 atom stereocenters. The van der Waals surface area contributed by atoms with Crippen LogP contribution in [0.1, 0.15) is 0 Å². The lowest BCUT2D eigenvalue weighted by molar-refractivity contribution is -0.600. The van der Waals surface area contributed by atoms with Crippen LogP contribution in [0.5, 0.6) is 0 Å². The van der Waals surface area contributed by atoms with Gasteiger partial charge in [-0.1, -0.05) is 0 Å². The summed E-state index contributed by atoms with van der Waals surface area (Å²) < 4.78 is 202. The van der Waals surface area contributed by atoms with Crippen LogP contribution in [-0.4, -0.2) is 69.0 Å². The van der Waals surface area contributed by atoms with Crippen molar-refractivity contribution >= 4 is 11.9 Å². The Kier molecular flexibility index (Phi) is 3.35. The second kappa shape index (κ2) is 4.44. The van der Waals surface area contributed by atoms with Gasteiger partial charge in [0.25, 0.3) is 10.8 Å². The number of aliphatic carboxylic acids is 2. The van der Waals surface area contributed by atoms with Crippen molar-refractivity contribution in [3.05, 3.63) is 0 Å². The molecule has 0 amide bonds. The van der Waals surface area contributed by atoms with E-state index in [0.717, 1.165) is 0 Å². The first-order valence-corrected chi connectivity index (χ1v) is 7.00. The molecule has 172 valence electrons. The van der Waals surface area contributed by atoms with E-state index in [2.05, 4.69) is 0 Å². The summed E-state index contributed by atoms with van der Waals surface area (Å²) in [7, 11) is 0. The van der Waals surface area contributed by atoms with Crippen molar-refractivity contribution in [1.29, 1.82) is 0 Å². The molecule has 0 heterocycles. The summed E-state index contributed by atoms with van der Waals surface area (Å²) in [5, 5.41) is 17.2. The first-order valence-electron chi connectivity index (χ1n) is 7.00. The van der Waals surface area contributed by atoms with Gasteiger partial charge in [-0.05, 0) is 0 Å². The van der Waals surface area contributed by atoms with Gasteiger partial charge in [0.1, 0.15) is 0 Å². The smallest absolute Gasteiger partial charge is 0.339 e. The summed E-state index contributed by atoms with van der Waals surface area (Å²) >= 11 is 0. The van der Waals surface area contributed by atoms with Crippen LogP contribution < -0.4 is 0 Å². The van der Waals surface area contributed by atoms with Crippen molar-refractivity contribution in [2.45, 2.75) is 46.9 Å². The molecule has 4 rings (SSSR count). The second-order valence-electron chi connectivity index (χ2n) is 6.87. The van der Waals surface area contributed by atoms with Gasteiger partial charge < -0.3 is 10.2 Å². The Morgan fingerprint density at radius 3 is 0.767 bits per heavy atom. The summed E-state index contributed by atoms with van der Waals surface area (Å²) in [6.07, 6.45) is 0. The molecule has 4 fully saturated rings. The Hall–Kier alpha value is -2.04. The maximum atomic E-state index is 14.7. The zero-order valence-electron chi connectivity index (χ0n) is 13.0. The molecule has 0 aromatic heterocycles. The molecule has 0 spiro atoms. The van der Waals surface area contributed by atoms with E-state index in [4.69, 9.17) is 10.2 Å². The van der Waals surface area contributed by atoms with Crippen molar-refractivity contribution in [1.82, 2.24) is 0 Å². The third-order valence-electron chi connectivity index (χ3n) is 6.06. The fourth-order valence-electron chi connectivity index (χ4n) is 4.72. The summed E-state index contributed by atoms with van der Waals surface area (Å²) in [6, 6.07) is 0. The molecule has 18 heteroatoms. The van der Waals surface area contributed by atoms with Crippen LogP contribution in [-0.2, 0) is 9.59 Å². The lowest BCUT2D eigenvalue weighted by atomic mass is 9.33. The molecule has 4 aliphatic rings. The van der Waals surface area contributed by atoms with Crippen LogP contribution in [0.4, 0.5) is 61.5 Å². The van der Waals surface area contributed by atoms with E-state index < -0.39 is 69.6 Å². The maximum Gasteiger partial charge on any atom is 0.339 e. The first kappa shape index (κ1) is 22.6. The van der Waals surface area contributed by atoms with Gasteiger partial charge in [-0.15, -0.1) is 0 Å². The standard InChI is InChI=1S/C12H2F14O4/c13-5-8(17,18)3(1(27)28)7(15,16)4(2(29)30,10(5,21)22)11(23,24)6(14,9(3,19)20)12(5,25)26/h(H,27,28)(H,29,30). The quantitative estimate of drug-likeness (QED) is 0.600. The number of hydrogen-bond acceptors (Lipinski definition) is 2. The molecule has 0 aliphatic heterocycles. The molecule has 0 aromatic rings. The summed E-state index contributed by atoms with van der Waals surface area (Å²) in [5.41, 5.74) is -30.6. The third kappa shape index (κ3) is 1.16. The highest BCUT2D eigenvalue weighted by Crippen LogP contribution is 2.92. The zero-order chi connectivity index (χ0) is 24.2. The minimum absolute atomic E-state index is 4.58. The SMILES string of the molecule is O=C(O)C12C(F)(F)C3(F)C(F)(F)C(F)(C1(F)F)C(F)(F)C(C(=O)O)(C3(F)F)C2(F)F. The van der Waals surface area contributed by atoms with Crippen LogP contribution in [0.3, 0.4) is 0 Å². The largest absolute Gasteiger partial charge is 0.480 e. The first-order chi connectivity index (χ1) is 12.9. The van der Waals surface area contributed by atoms with E-state index in [0.29, 0.717) is 0 Å². The van der Waals surface area contributed by atoms with Crippen molar-refractivity contribution in [2.24, 2.45) is 10.8 Å². The summed E-state index contributed by atoms with van der Waals surface area (Å²) in [4.78, 5) is 22.2. The van der Waals surface area contributed by atoms with Crippen LogP contribution in [0, 0.1) is 10.8 Å². The molecule has 4 saturated carbocycles. The topological polar surface area (TPSA) is 74.6 Å². The predicted molar refractivity (Wildman–Crippen MR) is 57.5 cm³/mol. The Bertz CT molecular complexity index is 791. The van der Waals surface area contributed by atoms with E-state index in [1.54, 1.807) is 0 Å². The van der Waals surface area contributed by atoms with Crippen LogP contribution in [0.15, 0.2) is 0 Å². The number of carbonyl (C=O) groups is 2. The van der Waals surface area contributed by atoms with Gasteiger partial charge in [-0.25, -0.2) is 52.7 Å². The fourth-order valence-corrected chi connectivity index (χ4v) is 4.72. The van der Waals surface area contributed by atoms with Crippen molar-refractivity contribution in [3.8, 4) is 0 Å². The predicted octanol–water partition coefficient (Wildman–Crippen LogP) is 3.40. The number of hydrogen-bond donors (Lipinski definition) is 2. The van der Waals surface area contributed by atoms with Gasteiger partial charge in [0, 0.05) is 0 Å². The number of rotatable bonds is 2. The average Bonchev–Trinajstić information content (AvgIpc) is 2.47. The number of carboxylic acids is 2. The molecule has 0 unspecified atom stereocenters. The second-order valence-corrected chi connectivity index (χ2v) is 6.87. The van der Waals surface area contributed by atoms with Crippen molar-refractivity contribution < 1.29 is 81.3 Å². The van der Waals surface area contributed by atoms with Gasteiger partial charge in [-0.2, -0.15) is 8.78 Å². The van der Waals surface area contributed by atoms with E-state index in [1.807, 2.05) is 0 Å². The highest BCUT2D eigenvalue weighted by atomic mass is 19.3. The molecule has 2 N–H and O–H groups in total. The molecule has 0 radical (unpaired) electrons. The van der Waals surface area contributed by atoms with Crippen LogP contribution in [0.2, 0.25) is 0 Å². The zero-order valence-corrected chi connectivity index (χ0v) is 13.0. The maximum absolute atomic E-state index is 14.7. The average molecular weight is 476 g/mol. The van der Waals surface area contributed by atoms with Crippen molar-refractivity contribution in [2.75, 3.05) is 0 Å². The van der Waals surface area contributed by atoms with Gasteiger partial charge in [0.05, 0.1) is 0 Å². The molecule has 4 aliphatic carbocycles. The van der Waals surface area contributed by atoms with E-state index >= 15 is 0 Å². The molecule has 30 heavy (non-hydrogen) atoms. The van der Waals surface area contributed by atoms with Crippen LogP contribution in [0.25, 0.3) is 0 Å². The Balaban J connectivity index is 2.86. The van der Waals surface area contributed by atoms with Gasteiger partial charge >= 0.3 is 58.8 Å². The number of carboxylic acid groups (broad SMARTS) is 2. The van der Waals surface area contributed by atoms with E-state index in [9.17, 15) is 71.1 Å². The molecule has 0 aromatic carbocycles. The molecule has 0 saturated heterocycles. The molecule has 4 bridgehead atoms. The van der Waals surface area contributed by atoms with E-state index in [1.165, 1.54) is 0 Å². The highest BCUT2D eigenvalue weighted by molar-refractivity contribution is 5.91. The van der Waals surface area contributed by atoms with Gasteiger partial charge in [0.15, 0.2) is 0 Å². The summed E-state index contributed by atoms with van der Waals surface area (Å²) in [5.74, 6) is -56.6. The fraction of sp³-hybridized carbons (Fsp3) is 0.833. The van der Waals surface area contributed by atoms with Gasteiger partial charge in [0.2, 0.25) is 0 Å². The Labute approximate surface area is 152 Å². The van der Waals surface area contributed by atoms with E-state index in [-0.39, 0.29) is 0 Å². The van der Waals surface area contributed by atoms with Crippen molar-refractivity contribution in [3.63, 3.8) is 0 Å². The molecular weight excluding hydrogens is 474 g/mol. The molecule has 4 nitrogen and oxygen atoms in total. The number of halogens is 14. The number of alkyl halides is 14. The Morgan fingerprint density at radius 1 is 0.400 bits per heavy atom. The Morgan fingerprint density at radius 2 is 0.600 bits per heavy atom. The lowest BCUT2D eigenvalue weighted by Crippen LogP contribution is -3.07. The molecular formula is C12H2F14O4. The van der Waals surface area contributed by atoms with Gasteiger partial charge in [-0.3, -0.25) is 9.59 Å². The monoisotopic (exact) mass is 476 g/mol. The third-order valence-corrected chi connectivity index (χ3v) is 6.06. The minimum Gasteiger partial charge on any atom is -0.480 e.